The highest BCUT2D eigenvalue weighted by atomic mass is 16.5. The molecule has 0 aliphatic heterocycles. The smallest absolute Gasteiger partial charge is 0.334 e. The summed E-state index contributed by atoms with van der Waals surface area (Å²) in [5, 5.41) is 2.63. The predicted molar refractivity (Wildman–Crippen MR) is 89.8 cm³/mol. The van der Waals surface area contributed by atoms with Gasteiger partial charge in [-0.15, -0.1) is 0 Å². The molecule has 0 amide bonds. The molecule has 0 aromatic heterocycles. The summed E-state index contributed by atoms with van der Waals surface area (Å²) in [6.07, 6.45) is 6.65. The number of benzene rings is 2. The minimum atomic E-state index is -0.133. The molecule has 0 saturated carbocycles. The molecule has 114 valence electrons. The van der Waals surface area contributed by atoms with E-state index in [1.807, 2.05) is 0 Å². The third-order valence-corrected chi connectivity index (χ3v) is 4.38. The van der Waals surface area contributed by atoms with Gasteiger partial charge >= 0.3 is 5.97 Å². The molecule has 1 aliphatic carbocycles. The lowest BCUT2D eigenvalue weighted by molar-refractivity contribution is -0.135. The fourth-order valence-corrected chi connectivity index (χ4v) is 2.99. The first-order valence-corrected chi connectivity index (χ1v) is 8.05. The molecule has 0 N–H and O–H groups in total. The summed E-state index contributed by atoms with van der Waals surface area (Å²) in [6, 6.07) is 15.2. The van der Waals surface area contributed by atoms with E-state index in [0.717, 1.165) is 24.8 Å². The summed E-state index contributed by atoms with van der Waals surface area (Å²) in [5.74, 6) is -0.133. The lowest BCUT2D eigenvalue weighted by atomic mass is 10.0. The van der Waals surface area contributed by atoms with E-state index in [0.29, 0.717) is 0 Å². The molecule has 0 unspecified atom stereocenters. The number of methoxy groups -OCH3 is 1. The first kappa shape index (κ1) is 14.8. The van der Waals surface area contributed by atoms with Gasteiger partial charge in [0, 0.05) is 12.0 Å². The van der Waals surface area contributed by atoms with Gasteiger partial charge in [-0.05, 0) is 42.0 Å². The van der Waals surface area contributed by atoms with Crippen LogP contribution in [0.4, 0.5) is 0 Å². The zero-order valence-electron chi connectivity index (χ0n) is 13.1. The number of unbranched alkanes of at least 4 members (excludes halogenated alkanes) is 2. The summed E-state index contributed by atoms with van der Waals surface area (Å²) in [5.41, 5.74) is 3.63. The van der Waals surface area contributed by atoms with Crippen molar-refractivity contribution in [3.8, 4) is 0 Å². The summed E-state index contributed by atoms with van der Waals surface area (Å²) in [4.78, 5) is 11.3. The molecule has 0 atom stereocenters. The van der Waals surface area contributed by atoms with Crippen LogP contribution in [0.15, 0.2) is 53.6 Å². The quantitative estimate of drug-likeness (QED) is 0.541. The molecule has 2 nitrogen and oxygen atoms in total. The SMILES string of the molecule is COC(=O)C1=C(CCCCCc2ccc3ccccc3c2)C1. The van der Waals surface area contributed by atoms with Crippen LogP contribution >= 0.6 is 0 Å². The van der Waals surface area contributed by atoms with Crippen LogP contribution in [0.5, 0.6) is 0 Å². The molecular formula is C20H22O2. The van der Waals surface area contributed by atoms with Crippen molar-refractivity contribution in [2.24, 2.45) is 0 Å². The zero-order chi connectivity index (χ0) is 15.4. The number of carbonyl (C=O) groups is 1. The Morgan fingerprint density at radius 3 is 2.59 bits per heavy atom. The number of carbonyl (C=O) groups excluding carboxylic acids is 1. The molecule has 0 fully saturated rings. The maximum Gasteiger partial charge on any atom is 0.334 e. The standard InChI is InChI=1S/C20H22O2/c1-22-20(21)19-14-18(19)10-4-2-3-7-15-11-12-16-8-5-6-9-17(16)13-15/h5-6,8-9,11-13H,2-4,7,10,14H2,1H3. The van der Waals surface area contributed by atoms with Crippen LogP contribution in [0.25, 0.3) is 10.8 Å². The van der Waals surface area contributed by atoms with Crippen molar-refractivity contribution in [1.82, 2.24) is 0 Å². The van der Waals surface area contributed by atoms with Crippen molar-refractivity contribution in [1.29, 1.82) is 0 Å². The van der Waals surface area contributed by atoms with E-state index in [4.69, 9.17) is 4.74 Å². The van der Waals surface area contributed by atoms with Crippen molar-refractivity contribution < 1.29 is 9.53 Å². The van der Waals surface area contributed by atoms with E-state index >= 15 is 0 Å². The van der Waals surface area contributed by atoms with Gasteiger partial charge in [-0.2, -0.15) is 0 Å². The summed E-state index contributed by atoms with van der Waals surface area (Å²) in [7, 11) is 1.45. The molecule has 0 heterocycles. The molecule has 0 radical (unpaired) electrons. The van der Waals surface area contributed by atoms with E-state index in [2.05, 4.69) is 42.5 Å². The van der Waals surface area contributed by atoms with Gasteiger partial charge in [0.05, 0.1) is 7.11 Å². The van der Waals surface area contributed by atoms with Gasteiger partial charge < -0.3 is 4.74 Å². The number of fused-ring (bicyclic) bond motifs is 1. The third-order valence-electron chi connectivity index (χ3n) is 4.38. The van der Waals surface area contributed by atoms with E-state index in [-0.39, 0.29) is 5.97 Å². The van der Waals surface area contributed by atoms with Crippen LogP contribution in [-0.4, -0.2) is 13.1 Å². The summed E-state index contributed by atoms with van der Waals surface area (Å²) >= 11 is 0. The molecule has 2 aromatic rings. The summed E-state index contributed by atoms with van der Waals surface area (Å²) in [6.45, 7) is 0. The second kappa shape index (κ2) is 6.78. The normalized spacial score (nSPS) is 13.5. The maximum atomic E-state index is 11.3. The van der Waals surface area contributed by atoms with Crippen LogP contribution in [0.1, 0.15) is 37.7 Å². The number of ether oxygens (including phenoxy) is 1. The minimum Gasteiger partial charge on any atom is -0.466 e. The Morgan fingerprint density at radius 1 is 1.00 bits per heavy atom. The Kier molecular flexibility index (Phi) is 4.57. The highest BCUT2D eigenvalue weighted by Gasteiger charge is 2.27. The summed E-state index contributed by atoms with van der Waals surface area (Å²) < 4.78 is 4.73. The topological polar surface area (TPSA) is 26.3 Å². The van der Waals surface area contributed by atoms with Gasteiger partial charge in [-0.1, -0.05) is 54.5 Å². The van der Waals surface area contributed by atoms with Gasteiger partial charge in [0.1, 0.15) is 0 Å². The van der Waals surface area contributed by atoms with Gasteiger partial charge in [0.15, 0.2) is 0 Å². The van der Waals surface area contributed by atoms with Crippen molar-refractivity contribution in [3.63, 3.8) is 0 Å². The lowest BCUT2D eigenvalue weighted by Gasteiger charge is -2.04. The zero-order valence-corrected chi connectivity index (χ0v) is 13.1. The monoisotopic (exact) mass is 294 g/mol. The Morgan fingerprint density at radius 2 is 1.77 bits per heavy atom. The van der Waals surface area contributed by atoms with Gasteiger partial charge in [0.25, 0.3) is 0 Å². The van der Waals surface area contributed by atoms with Crippen molar-refractivity contribution in [2.45, 2.75) is 38.5 Å². The average molecular weight is 294 g/mol. The molecule has 3 rings (SSSR count). The van der Waals surface area contributed by atoms with Crippen LogP contribution in [-0.2, 0) is 16.0 Å². The number of hydrogen-bond donors (Lipinski definition) is 0. The highest BCUT2D eigenvalue weighted by Crippen LogP contribution is 2.35. The van der Waals surface area contributed by atoms with Crippen molar-refractivity contribution in [3.05, 3.63) is 59.2 Å². The number of rotatable bonds is 7. The Balaban J connectivity index is 1.41. The fraction of sp³-hybridized carbons (Fsp3) is 0.350. The molecule has 0 bridgehead atoms. The predicted octanol–water partition coefficient (Wildman–Crippen LogP) is 4.82. The Bertz CT molecular complexity index is 712. The molecular weight excluding hydrogens is 272 g/mol. The van der Waals surface area contributed by atoms with Crippen LogP contribution in [0.2, 0.25) is 0 Å². The van der Waals surface area contributed by atoms with E-state index in [1.54, 1.807) is 0 Å². The lowest BCUT2D eigenvalue weighted by Crippen LogP contribution is -1.95. The molecule has 0 spiro atoms. The van der Waals surface area contributed by atoms with Crippen molar-refractivity contribution >= 4 is 16.7 Å². The maximum absolute atomic E-state index is 11.3. The average Bonchev–Trinajstić information content (AvgIpc) is 3.33. The number of aryl methyl sites for hydroxylation is 1. The van der Waals surface area contributed by atoms with Crippen LogP contribution in [0, 0.1) is 0 Å². The van der Waals surface area contributed by atoms with Crippen LogP contribution < -0.4 is 0 Å². The highest BCUT2D eigenvalue weighted by molar-refractivity contribution is 5.94. The molecule has 2 aromatic carbocycles. The van der Waals surface area contributed by atoms with Gasteiger partial charge in [0.2, 0.25) is 0 Å². The first-order chi connectivity index (χ1) is 10.8. The van der Waals surface area contributed by atoms with Crippen LogP contribution in [0.3, 0.4) is 0 Å². The van der Waals surface area contributed by atoms with Gasteiger partial charge in [-0.3, -0.25) is 0 Å². The van der Waals surface area contributed by atoms with E-state index in [1.165, 1.54) is 48.3 Å². The second-order valence-electron chi connectivity index (χ2n) is 5.99. The number of allylic oxidation sites excluding steroid dienone is 1. The first-order valence-electron chi connectivity index (χ1n) is 8.05. The number of esters is 1. The molecule has 2 heteroatoms. The Labute approximate surface area is 131 Å². The molecule has 1 aliphatic rings. The number of hydrogen-bond acceptors (Lipinski definition) is 2. The van der Waals surface area contributed by atoms with E-state index < -0.39 is 0 Å². The van der Waals surface area contributed by atoms with Crippen molar-refractivity contribution in [2.75, 3.05) is 7.11 Å². The van der Waals surface area contributed by atoms with Gasteiger partial charge in [-0.25, -0.2) is 4.79 Å². The van der Waals surface area contributed by atoms with E-state index in [9.17, 15) is 4.79 Å². The fourth-order valence-electron chi connectivity index (χ4n) is 2.99. The Hall–Kier alpha value is -2.09. The molecule has 0 saturated heterocycles. The third kappa shape index (κ3) is 3.56. The minimum absolute atomic E-state index is 0.133. The molecule has 22 heavy (non-hydrogen) atoms. The second-order valence-corrected chi connectivity index (χ2v) is 5.99. The largest absolute Gasteiger partial charge is 0.466 e.